The van der Waals surface area contributed by atoms with E-state index in [1.807, 2.05) is 48.5 Å². The average molecular weight is 322 g/mol. The van der Waals surface area contributed by atoms with Crippen LogP contribution in [-0.4, -0.2) is 17.3 Å². The van der Waals surface area contributed by atoms with Crippen molar-refractivity contribution in [3.05, 3.63) is 60.0 Å². The smallest absolute Gasteiger partial charge is 0.230 e. The molecular formula is C19H18N2O3. The Labute approximate surface area is 140 Å². The third-order valence-corrected chi connectivity index (χ3v) is 4.03. The second-order valence-corrected chi connectivity index (χ2v) is 5.87. The molecule has 4 rings (SSSR count). The lowest BCUT2D eigenvalue weighted by molar-refractivity contribution is 0.284. The van der Waals surface area contributed by atoms with Crippen molar-refractivity contribution in [3.63, 3.8) is 0 Å². The predicted molar refractivity (Wildman–Crippen MR) is 89.0 cm³/mol. The average Bonchev–Trinajstić information content (AvgIpc) is 3.38. The second kappa shape index (κ2) is 6.35. The summed E-state index contributed by atoms with van der Waals surface area (Å²) in [6, 6.07) is 15.7. The molecule has 0 saturated heterocycles. The monoisotopic (exact) mass is 322 g/mol. The highest BCUT2D eigenvalue weighted by Gasteiger charge is 2.29. The summed E-state index contributed by atoms with van der Waals surface area (Å²) in [5, 5.41) is 4.06. The molecule has 0 N–H and O–H groups in total. The number of ether oxygens (including phenoxy) is 2. The van der Waals surface area contributed by atoms with Crippen LogP contribution in [-0.2, 0) is 6.61 Å². The molecule has 0 aliphatic heterocycles. The van der Waals surface area contributed by atoms with Crippen LogP contribution in [0, 0.1) is 0 Å². The van der Waals surface area contributed by atoms with Crippen molar-refractivity contribution in [2.24, 2.45) is 0 Å². The Kier molecular flexibility index (Phi) is 3.91. The van der Waals surface area contributed by atoms with E-state index in [-0.39, 0.29) is 0 Å². The summed E-state index contributed by atoms with van der Waals surface area (Å²) in [5.41, 5.74) is 1.96. The first-order valence-corrected chi connectivity index (χ1v) is 8.02. The fourth-order valence-electron chi connectivity index (χ4n) is 2.51. The SMILES string of the molecule is COc1cc(-c2noc(C3CC3)n2)ccc1OCc1ccccc1. The number of rotatable bonds is 6. The number of nitrogens with zero attached hydrogens (tertiary/aromatic N) is 2. The Morgan fingerprint density at radius 3 is 2.67 bits per heavy atom. The van der Waals surface area contributed by atoms with Gasteiger partial charge >= 0.3 is 0 Å². The molecule has 1 fully saturated rings. The third-order valence-electron chi connectivity index (χ3n) is 4.03. The van der Waals surface area contributed by atoms with E-state index in [2.05, 4.69) is 10.1 Å². The van der Waals surface area contributed by atoms with E-state index < -0.39 is 0 Å². The Hall–Kier alpha value is -2.82. The van der Waals surface area contributed by atoms with Crippen LogP contribution in [0.1, 0.15) is 30.2 Å². The first kappa shape index (κ1) is 14.8. The molecule has 0 bridgehead atoms. The summed E-state index contributed by atoms with van der Waals surface area (Å²) in [7, 11) is 1.63. The summed E-state index contributed by atoms with van der Waals surface area (Å²) >= 11 is 0. The topological polar surface area (TPSA) is 57.4 Å². The molecule has 0 amide bonds. The van der Waals surface area contributed by atoms with Gasteiger partial charge in [0.25, 0.3) is 0 Å². The predicted octanol–water partition coefficient (Wildman–Crippen LogP) is 4.20. The third kappa shape index (κ3) is 3.11. The van der Waals surface area contributed by atoms with E-state index in [0.29, 0.717) is 29.8 Å². The molecule has 1 aliphatic rings. The van der Waals surface area contributed by atoms with Gasteiger partial charge in [-0.3, -0.25) is 0 Å². The highest BCUT2D eigenvalue weighted by molar-refractivity contribution is 5.60. The highest BCUT2D eigenvalue weighted by atomic mass is 16.5. The van der Waals surface area contributed by atoms with E-state index in [0.717, 1.165) is 29.9 Å². The molecule has 0 atom stereocenters. The zero-order valence-electron chi connectivity index (χ0n) is 13.4. The maximum atomic E-state index is 5.87. The largest absolute Gasteiger partial charge is 0.493 e. The Bertz CT molecular complexity index is 826. The van der Waals surface area contributed by atoms with Crippen molar-refractivity contribution in [2.45, 2.75) is 25.4 Å². The van der Waals surface area contributed by atoms with Gasteiger partial charge in [0.05, 0.1) is 7.11 Å². The van der Waals surface area contributed by atoms with Gasteiger partial charge in [-0.1, -0.05) is 35.5 Å². The van der Waals surface area contributed by atoms with E-state index in [9.17, 15) is 0 Å². The zero-order chi connectivity index (χ0) is 16.4. The first-order valence-electron chi connectivity index (χ1n) is 8.02. The minimum Gasteiger partial charge on any atom is -0.493 e. The quantitative estimate of drug-likeness (QED) is 0.680. The van der Waals surface area contributed by atoms with Gasteiger partial charge < -0.3 is 14.0 Å². The molecular weight excluding hydrogens is 304 g/mol. The summed E-state index contributed by atoms with van der Waals surface area (Å²) in [4.78, 5) is 4.47. The molecule has 0 radical (unpaired) electrons. The molecule has 1 aromatic heterocycles. The van der Waals surface area contributed by atoms with Gasteiger partial charge in [0.2, 0.25) is 11.7 Å². The van der Waals surface area contributed by atoms with Crippen LogP contribution >= 0.6 is 0 Å². The molecule has 5 heteroatoms. The molecule has 2 aromatic carbocycles. The number of aromatic nitrogens is 2. The lowest BCUT2D eigenvalue weighted by atomic mass is 10.2. The fraction of sp³-hybridized carbons (Fsp3) is 0.263. The molecule has 0 spiro atoms. The Morgan fingerprint density at radius 1 is 1.08 bits per heavy atom. The first-order chi connectivity index (χ1) is 11.8. The van der Waals surface area contributed by atoms with Gasteiger partial charge in [0.1, 0.15) is 6.61 Å². The van der Waals surface area contributed by atoms with Gasteiger partial charge in [-0.05, 0) is 36.6 Å². The van der Waals surface area contributed by atoms with Crippen molar-refractivity contribution in [3.8, 4) is 22.9 Å². The van der Waals surface area contributed by atoms with E-state index in [4.69, 9.17) is 14.0 Å². The van der Waals surface area contributed by atoms with Crippen molar-refractivity contribution in [2.75, 3.05) is 7.11 Å². The van der Waals surface area contributed by atoms with Gasteiger partial charge in [-0.25, -0.2) is 0 Å². The number of hydrogen-bond donors (Lipinski definition) is 0. The molecule has 1 aliphatic carbocycles. The van der Waals surface area contributed by atoms with Crippen molar-refractivity contribution in [1.29, 1.82) is 0 Å². The summed E-state index contributed by atoms with van der Waals surface area (Å²) in [6.07, 6.45) is 2.27. The van der Waals surface area contributed by atoms with E-state index in [1.54, 1.807) is 7.11 Å². The van der Waals surface area contributed by atoms with Gasteiger partial charge in [0.15, 0.2) is 11.5 Å². The zero-order valence-corrected chi connectivity index (χ0v) is 13.4. The highest BCUT2D eigenvalue weighted by Crippen LogP contribution is 2.40. The van der Waals surface area contributed by atoms with Crippen molar-refractivity contribution >= 4 is 0 Å². The number of methoxy groups -OCH3 is 1. The van der Waals surface area contributed by atoms with Crippen LogP contribution in [0.4, 0.5) is 0 Å². The lowest BCUT2D eigenvalue weighted by Crippen LogP contribution is -1.98. The normalized spacial score (nSPS) is 13.7. The van der Waals surface area contributed by atoms with Crippen LogP contribution in [0.15, 0.2) is 53.1 Å². The van der Waals surface area contributed by atoms with Crippen molar-refractivity contribution in [1.82, 2.24) is 10.1 Å². The second-order valence-electron chi connectivity index (χ2n) is 5.87. The number of hydrogen-bond acceptors (Lipinski definition) is 5. The number of benzene rings is 2. The molecule has 24 heavy (non-hydrogen) atoms. The van der Waals surface area contributed by atoms with Crippen LogP contribution in [0.3, 0.4) is 0 Å². The molecule has 1 saturated carbocycles. The molecule has 5 nitrogen and oxygen atoms in total. The van der Waals surface area contributed by atoms with Crippen LogP contribution in [0.5, 0.6) is 11.5 Å². The van der Waals surface area contributed by atoms with Crippen LogP contribution < -0.4 is 9.47 Å². The maximum Gasteiger partial charge on any atom is 0.230 e. The standard InChI is InChI=1S/C19H18N2O3/c1-22-17-11-15(18-20-19(24-21-18)14-7-8-14)9-10-16(17)23-12-13-5-3-2-4-6-13/h2-6,9-11,14H,7-8,12H2,1H3. The molecule has 122 valence electrons. The van der Waals surface area contributed by atoms with E-state index in [1.165, 1.54) is 0 Å². The summed E-state index contributed by atoms with van der Waals surface area (Å²) < 4.78 is 16.6. The Morgan fingerprint density at radius 2 is 1.92 bits per heavy atom. The minimum atomic E-state index is 0.446. The van der Waals surface area contributed by atoms with Crippen LogP contribution in [0.2, 0.25) is 0 Å². The maximum absolute atomic E-state index is 5.87. The van der Waals surface area contributed by atoms with Gasteiger partial charge in [-0.2, -0.15) is 4.98 Å². The summed E-state index contributed by atoms with van der Waals surface area (Å²) in [6.45, 7) is 0.491. The van der Waals surface area contributed by atoms with Crippen LogP contribution in [0.25, 0.3) is 11.4 Å². The van der Waals surface area contributed by atoms with Gasteiger partial charge in [-0.15, -0.1) is 0 Å². The fourth-order valence-corrected chi connectivity index (χ4v) is 2.51. The summed E-state index contributed by atoms with van der Waals surface area (Å²) in [5.74, 6) is 3.11. The lowest BCUT2D eigenvalue weighted by Gasteiger charge is -2.11. The van der Waals surface area contributed by atoms with Crippen molar-refractivity contribution < 1.29 is 14.0 Å². The molecule has 3 aromatic rings. The Balaban J connectivity index is 1.53. The molecule has 1 heterocycles. The molecule has 0 unspecified atom stereocenters. The van der Waals surface area contributed by atoms with E-state index >= 15 is 0 Å². The van der Waals surface area contributed by atoms with Gasteiger partial charge in [0, 0.05) is 11.5 Å². The minimum absolute atomic E-state index is 0.446.